The molecular weight excluding hydrogens is 174 g/mol. The Kier molecular flexibility index (Phi) is 4.85. The standard InChI is InChI=1S/C11H25N3/c1-5-10(2)14(4)9-11-8-12-6-7-13(11)3/h10-12H,5-9H2,1-4H3. The van der Waals surface area contributed by atoms with Gasteiger partial charge in [0.2, 0.25) is 0 Å². The van der Waals surface area contributed by atoms with E-state index in [2.05, 4.69) is 43.1 Å². The predicted octanol–water partition coefficient (Wildman–Crippen LogP) is 0.620. The summed E-state index contributed by atoms with van der Waals surface area (Å²) >= 11 is 0. The van der Waals surface area contributed by atoms with Gasteiger partial charge in [-0.3, -0.25) is 4.90 Å². The Balaban J connectivity index is 2.34. The molecule has 0 aliphatic carbocycles. The number of rotatable bonds is 4. The molecule has 1 rings (SSSR count). The third-order valence-corrected chi connectivity index (χ3v) is 3.49. The van der Waals surface area contributed by atoms with Crippen LogP contribution in [0.15, 0.2) is 0 Å². The summed E-state index contributed by atoms with van der Waals surface area (Å²) in [6.07, 6.45) is 1.24. The zero-order valence-corrected chi connectivity index (χ0v) is 10.1. The molecule has 0 aromatic heterocycles. The second-order valence-corrected chi connectivity index (χ2v) is 4.54. The first-order valence-electron chi connectivity index (χ1n) is 5.76. The maximum atomic E-state index is 3.46. The number of piperazine rings is 1. The summed E-state index contributed by atoms with van der Waals surface area (Å²) in [4.78, 5) is 4.93. The Morgan fingerprint density at radius 3 is 2.86 bits per heavy atom. The van der Waals surface area contributed by atoms with Crippen molar-refractivity contribution in [1.82, 2.24) is 15.1 Å². The molecule has 3 heteroatoms. The quantitative estimate of drug-likeness (QED) is 0.716. The van der Waals surface area contributed by atoms with E-state index >= 15 is 0 Å². The molecule has 2 unspecified atom stereocenters. The Labute approximate surface area is 88.5 Å². The zero-order chi connectivity index (χ0) is 10.6. The van der Waals surface area contributed by atoms with Gasteiger partial charge >= 0.3 is 0 Å². The van der Waals surface area contributed by atoms with Gasteiger partial charge in [-0.05, 0) is 27.4 Å². The summed E-state index contributed by atoms with van der Waals surface area (Å²) in [6, 6.07) is 1.38. The average Bonchev–Trinajstić information content (AvgIpc) is 2.20. The lowest BCUT2D eigenvalue weighted by Gasteiger charge is -2.37. The highest BCUT2D eigenvalue weighted by Gasteiger charge is 2.21. The normalized spacial score (nSPS) is 26.8. The lowest BCUT2D eigenvalue weighted by molar-refractivity contribution is 0.132. The van der Waals surface area contributed by atoms with Gasteiger partial charge in [0.1, 0.15) is 0 Å². The van der Waals surface area contributed by atoms with Crippen molar-refractivity contribution < 1.29 is 0 Å². The second-order valence-electron chi connectivity index (χ2n) is 4.54. The molecule has 2 atom stereocenters. The molecule has 0 radical (unpaired) electrons. The third kappa shape index (κ3) is 3.23. The SMILES string of the molecule is CCC(C)N(C)CC1CNCCN1C. The van der Waals surface area contributed by atoms with Gasteiger partial charge < -0.3 is 10.2 Å². The molecule has 1 fully saturated rings. The van der Waals surface area contributed by atoms with Crippen molar-refractivity contribution in [2.45, 2.75) is 32.4 Å². The number of likely N-dealkylation sites (N-methyl/N-ethyl adjacent to an activating group) is 2. The van der Waals surface area contributed by atoms with Crippen molar-refractivity contribution in [3.8, 4) is 0 Å². The van der Waals surface area contributed by atoms with Crippen molar-refractivity contribution in [1.29, 1.82) is 0 Å². The lowest BCUT2D eigenvalue weighted by Crippen LogP contribution is -2.54. The summed E-state index contributed by atoms with van der Waals surface area (Å²) < 4.78 is 0. The van der Waals surface area contributed by atoms with Gasteiger partial charge in [0.25, 0.3) is 0 Å². The van der Waals surface area contributed by atoms with Gasteiger partial charge in [-0.15, -0.1) is 0 Å². The Morgan fingerprint density at radius 1 is 1.57 bits per heavy atom. The molecule has 0 amide bonds. The average molecular weight is 199 g/mol. The number of hydrogen-bond donors (Lipinski definition) is 1. The predicted molar refractivity (Wildman–Crippen MR) is 61.7 cm³/mol. The van der Waals surface area contributed by atoms with Crippen LogP contribution in [0.1, 0.15) is 20.3 Å². The smallest absolute Gasteiger partial charge is 0.0345 e. The van der Waals surface area contributed by atoms with Crippen LogP contribution in [0.25, 0.3) is 0 Å². The Morgan fingerprint density at radius 2 is 2.29 bits per heavy atom. The van der Waals surface area contributed by atoms with Crippen LogP contribution in [0.4, 0.5) is 0 Å². The van der Waals surface area contributed by atoms with Gasteiger partial charge in [-0.2, -0.15) is 0 Å². The van der Waals surface area contributed by atoms with Crippen LogP contribution in [-0.4, -0.2) is 62.2 Å². The van der Waals surface area contributed by atoms with Gasteiger partial charge in [-0.1, -0.05) is 6.92 Å². The van der Waals surface area contributed by atoms with Crippen LogP contribution in [0.5, 0.6) is 0 Å². The summed E-state index contributed by atoms with van der Waals surface area (Å²) in [5.74, 6) is 0. The Bertz CT molecular complexity index is 161. The monoisotopic (exact) mass is 199 g/mol. The first kappa shape index (κ1) is 12.0. The van der Waals surface area contributed by atoms with Crippen LogP contribution in [0.2, 0.25) is 0 Å². The second kappa shape index (κ2) is 5.69. The van der Waals surface area contributed by atoms with Crippen molar-refractivity contribution in [3.63, 3.8) is 0 Å². The maximum Gasteiger partial charge on any atom is 0.0345 e. The summed E-state index contributed by atoms with van der Waals surface area (Å²) in [5, 5.41) is 3.46. The molecule has 1 saturated heterocycles. The summed E-state index contributed by atoms with van der Waals surface area (Å²) in [5.41, 5.74) is 0. The number of hydrogen-bond acceptors (Lipinski definition) is 3. The Hall–Kier alpha value is -0.120. The molecule has 0 aromatic carbocycles. The molecule has 14 heavy (non-hydrogen) atoms. The van der Waals surface area contributed by atoms with E-state index in [1.165, 1.54) is 19.5 Å². The summed E-state index contributed by atoms with van der Waals surface area (Å²) in [6.45, 7) is 9.19. The van der Waals surface area contributed by atoms with Crippen LogP contribution < -0.4 is 5.32 Å². The molecule has 0 aromatic rings. The van der Waals surface area contributed by atoms with Crippen molar-refractivity contribution in [2.24, 2.45) is 0 Å². The number of nitrogens with zero attached hydrogens (tertiary/aromatic N) is 2. The van der Waals surface area contributed by atoms with Crippen LogP contribution >= 0.6 is 0 Å². The largest absolute Gasteiger partial charge is 0.314 e. The fraction of sp³-hybridized carbons (Fsp3) is 1.00. The highest BCUT2D eigenvalue weighted by atomic mass is 15.2. The van der Waals surface area contributed by atoms with E-state index in [1.54, 1.807) is 0 Å². The topological polar surface area (TPSA) is 18.5 Å². The minimum Gasteiger partial charge on any atom is -0.314 e. The minimum atomic E-state index is 0.683. The fourth-order valence-corrected chi connectivity index (χ4v) is 1.89. The van der Waals surface area contributed by atoms with Gasteiger partial charge in [0.05, 0.1) is 0 Å². The van der Waals surface area contributed by atoms with E-state index in [1.807, 2.05) is 0 Å². The van der Waals surface area contributed by atoms with E-state index in [-0.39, 0.29) is 0 Å². The third-order valence-electron chi connectivity index (χ3n) is 3.49. The van der Waals surface area contributed by atoms with E-state index < -0.39 is 0 Å². The highest BCUT2D eigenvalue weighted by molar-refractivity contribution is 4.80. The highest BCUT2D eigenvalue weighted by Crippen LogP contribution is 2.06. The van der Waals surface area contributed by atoms with Crippen LogP contribution in [0.3, 0.4) is 0 Å². The van der Waals surface area contributed by atoms with Crippen molar-refractivity contribution in [3.05, 3.63) is 0 Å². The van der Waals surface area contributed by atoms with Crippen LogP contribution in [-0.2, 0) is 0 Å². The molecule has 1 aliphatic heterocycles. The number of nitrogens with one attached hydrogen (secondary N) is 1. The molecule has 1 N–H and O–H groups in total. The van der Waals surface area contributed by atoms with Crippen LogP contribution in [0, 0.1) is 0 Å². The molecule has 1 aliphatic rings. The molecule has 3 nitrogen and oxygen atoms in total. The fourth-order valence-electron chi connectivity index (χ4n) is 1.89. The van der Waals surface area contributed by atoms with E-state index in [4.69, 9.17) is 0 Å². The molecule has 0 spiro atoms. The van der Waals surface area contributed by atoms with E-state index in [9.17, 15) is 0 Å². The molecule has 84 valence electrons. The van der Waals surface area contributed by atoms with Gasteiger partial charge in [0.15, 0.2) is 0 Å². The zero-order valence-electron chi connectivity index (χ0n) is 10.1. The van der Waals surface area contributed by atoms with Crippen molar-refractivity contribution in [2.75, 3.05) is 40.3 Å². The first-order chi connectivity index (χ1) is 6.65. The molecular formula is C11H25N3. The molecule has 0 saturated carbocycles. The lowest BCUT2D eigenvalue weighted by atomic mass is 10.1. The molecule has 1 heterocycles. The van der Waals surface area contributed by atoms with Gasteiger partial charge in [0, 0.05) is 38.3 Å². The summed E-state index contributed by atoms with van der Waals surface area (Å²) in [7, 11) is 4.46. The maximum absolute atomic E-state index is 3.46. The molecule has 0 bridgehead atoms. The van der Waals surface area contributed by atoms with Gasteiger partial charge in [-0.25, -0.2) is 0 Å². The minimum absolute atomic E-state index is 0.683. The van der Waals surface area contributed by atoms with E-state index in [0.717, 1.165) is 13.1 Å². The van der Waals surface area contributed by atoms with E-state index in [0.29, 0.717) is 12.1 Å². The van der Waals surface area contributed by atoms with Crippen molar-refractivity contribution >= 4 is 0 Å². The first-order valence-corrected chi connectivity index (χ1v) is 5.76.